The molecule has 1 aromatic carbocycles. The summed E-state index contributed by atoms with van der Waals surface area (Å²) >= 11 is 0. The molecule has 0 bridgehead atoms. The van der Waals surface area contributed by atoms with Crippen LogP contribution in [-0.2, 0) is 5.54 Å². The molecule has 1 saturated heterocycles. The summed E-state index contributed by atoms with van der Waals surface area (Å²) in [4.78, 5) is 2.60. The Morgan fingerprint density at radius 2 is 1.95 bits per heavy atom. The van der Waals surface area contributed by atoms with Crippen LogP contribution in [0.3, 0.4) is 0 Å². The molecule has 1 aliphatic heterocycles. The first-order valence-corrected chi connectivity index (χ1v) is 7.91. The van der Waals surface area contributed by atoms with Gasteiger partial charge in [0.25, 0.3) is 0 Å². The summed E-state index contributed by atoms with van der Waals surface area (Å²) in [6.07, 6.45) is 7.74. The molecule has 20 heavy (non-hydrogen) atoms. The molecule has 1 heterocycles. The quantitative estimate of drug-likeness (QED) is 0.767. The maximum absolute atomic E-state index is 6.93. The zero-order chi connectivity index (χ0) is 14.4. The van der Waals surface area contributed by atoms with E-state index in [1.807, 2.05) is 6.08 Å². The lowest BCUT2D eigenvalue weighted by Gasteiger charge is -2.43. The highest BCUT2D eigenvalue weighted by Gasteiger charge is 2.39. The van der Waals surface area contributed by atoms with E-state index in [-0.39, 0.29) is 5.54 Å². The molecule has 0 saturated carbocycles. The van der Waals surface area contributed by atoms with Gasteiger partial charge in [0.2, 0.25) is 0 Å². The van der Waals surface area contributed by atoms with Gasteiger partial charge < -0.3 is 5.73 Å². The van der Waals surface area contributed by atoms with Crippen molar-refractivity contribution in [2.24, 2.45) is 5.73 Å². The van der Waals surface area contributed by atoms with Crippen molar-refractivity contribution in [3.63, 3.8) is 0 Å². The zero-order valence-corrected chi connectivity index (χ0v) is 12.7. The van der Waals surface area contributed by atoms with E-state index in [2.05, 4.69) is 48.7 Å². The third-order valence-electron chi connectivity index (χ3n) is 4.53. The lowest BCUT2D eigenvalue weighted by atomic mass is 9.78. The minimum Gasteiger partial charge on any atom is -0.320 e. The topological polar surface area (TPSA) is 29.3 Å². The number of nitrogens with two attached hydrogens (primary N) is 1. The van der Waals surface area contributed by atoms with Crippen molar-refractivity contribution in [1.29, 1.82) is 0 Å². The Kier molecular flexibility index (Phi) is 5.38. The molecule has 2 rings (SSSR count). The fraction of sp³-hybridized carbons (Fsp3) is 0.556. The number of hydrogen-bond donors (Lipinski definition) is 1. The predicted molar refractivity (Wildman–Crippen MR) is 86.6 cm³/mol. The SMILES string of the molecule is C=CCC(N)(c1ccccc1)C(CCC)N1CCCC1. The Hall–Kier alpha value is -1.12. The van der Waals surface area contributed by atoms with E-state index < -0.39 is 0 Å². The Morgan fingerprint density at radius 3 is 2.50 bits per heavy atom. The second-order valence-electron chi connectivity index (χ2n) is 5.95. The summed E-state index contributed by atoms with van der Waals surface area (Å²) in [5.74, 6) is 0. The molecular weight excluding hydrogens is 244 g/mol. The first-order chi connectivity index (χ1) is 9.72. The summed E-state index contributed by atoms with van der Waals surface area (Å²) in [7, 11) is 0. The molecular formula is C18H28N2. The van der Waals surface area contributed by atoms with Gasteiger partial charge in [-0.25, -0.2) is 0 Å². The molecule has 0 aliphatic carbocycles. The van der Waals surface area contributed by atoms with Gasteiger partial charge in [0.1, 0.15) is 0 Å². The highest BCUT2D eigenvalue weighted by molar-refractivity contribution is 5.27. The minimum absolute atomic E-state index is 0.316. The Morgan fingerprint density at radius 1 is 1.30 bits per heavy atom. The molecule has 0 radical (unpaired) electrons. The molecule has 2 nitrogen and oxygen atoms in total. The average molecular weight is 272 g/mol. The van der Waals surface area contributed by atoms with Crippen molar-refractivity contribution in [3.8, 4) is 0 Å². The second kappa shape index (κ2) is 7.05. The lowest BCUT2D eigenvalue weighted by molar-refractivity contribution is 0.135. The fourth-order valence-corrected chi connectivity index (χ4v) is 3.53. The third-order valence-corrected chi connectivity index (χ3v) is 4.53. The Bertz CT molecular complexity index is 409. The van der Waals surface area contributed by atoms with Gasteiger partial charge in [0, 0.05) is 6.04 Å². The molecule has 0 spiro atoms. The molecule has 0 amide bonds. The monoisotopic (exact) mass is 272 g/mol. The van der Waals surface area contributed by atoms with Gasteiger partial charge in [-0.1, -0.05) is 49.8 Å². The second-order valence-corrected chi connectivity index (χ2v) is 5.95. The highest BCUT2D eigenvalue weighted by Crippen LogP contribution is 2.34. The van der Waals surface area contributed by atoms with Crippen molar-refractivity contribution in [3.05, 3.63) is 48.6 Å². The number of nitrogens with zero attached hydrogens (tertiary/aromatic N) is 1. The van der Waals surface area contributed by atoms with E-state index in [0.29, 0.717) is 6.04 Å². The summed E-state index contributed by atoms with van der Waals surface area (Å²) in [6.45, 7) is 8.57. The predicted octanol–water partition coefficient (Wildman–Crippen LogP) is 3.68. The number of benzene rings is 1. The highest BCUT2D eigenvalue weighted by atomic mass is 15.2. The molecule has 2 N–H and O–H groups in total. The van der Waals surface area contributed by atoms with E-state index in [1.54, 1.807) is 0 Å². The number of hydrogen-bond acceptors (Lipinski definition) is 2. The van der Waals surface area contributed by atoms with Crippen LogP contribution in [-0.4, -0.2) is 24.0 Å². The van der Waals surface area contributed by atoms with Gasteiger partial charge >= 0.3 is 0 Å². The smallest absolute Gasteiger partial charge is 0.0602 e. The minimum atomic E-state index is -0.316. The van der Waals surface area contributed by atoms with Crippen molar-refractivity contribution in [2.75, 3.05) is 13.1 Å². The largest absolute Gasteiger partial charge is 0.320 e. The van der Waals surface area contributed by atoms with Gasteiger partial charge in [0.05, 0.1) is 5.54 Å². The summed E-state index contributed by atoms with van der Waals surface area (Å²) in [5.41, 5.74) is 7.85. The van der Waals surface area contributed by atoms with Crippen LogP contribution in [0, 0.1) is 0 Å². The van der Waals surface area contributed by atoms with Crippen LogP contribution >= 0.6 is 0 Å². The molecule has 2 heteroatoms. The van der Waals surface area contributed by atoms with Crippen molar-refractivity contribution >= 4 is 0 Å². The van der Waals surface area contributed by atoms with Crippen LogP contribution in [0.2, 0.25) is 0 Å². The van der Waals surface area contributed by atoms with E-state index in [9.17, 15) is 0 Å². The van der Waals surface area contributed by atoms with E-state index in [1.165, 1.54) is 37.9 Å². The molecule has 2 unspecified atom stereocenters. The molecule has 1 aliphatic rings. The van der Waals surface area contributed by atoms with Crippen molar-refractivity contribution < 1.29 is 0 Å². The molecule has 110 valence electrons. The van der Waals surface area contributed by atoms with Crippen LogP contribution in [0.5, 0.6) is 0 Å². The maximum Gasteiger partial charge on any atom is 0.0602 e. The lowest BCUT2D eigenvalue weighted by Crippen LogP contribution is -2.55. The fourth-order valence-electron chi connectivity index (χ4n) is 3.53. The van der Waals surface area contributed by atoms with Crippen molar-refractivity contribution in [1.82, 2.24) is 4.90 Å². The first kappa shape index (κ1) is 15.3. The Balaban J connectivity index is 2.34. The third kappa shape index (κ3) is 3.13. The van der Waals surface area contributed by atoms with Crippen LogP contribution in [0.4, 0.5) is 0 Å². The standard InChI is InChI=1S/C18H28N2/c1-3-10-17(20-14-8-9-15-20)18(19,13-4-2)16-11-6-5-7-12-16/h4-7,11-12,17H,2-3,8-10,13-15,19H2,1H3. The van der Waals surface area contributed by atoms with Gasteiger partial charge in [-0.2, -0.15) is 0 Å². The average Bonchev–Trinajstić information content (AvgIpc) is 2.99. The summed E-state index contributed by atoms with van der Waals surface area (Å²) < 4.78 is 0. The van der Waals surface area contributed by atoms with Gasteiger partial charge in [0.15, 0.2) is 0 Å². The molecule has 0 aromatic heterocycles. The molecule has 1 aromatic rings. The van der Waals surface area contributed by atoms with Crippen LogP contribution in [0.1, 0.15) is 44.6 Å². The van der Waals surface area contributed by atoms with Gasteiger partial charge in [-0.3, -0.25) is 4.90 Å². The van der Waals surface area contributed by atoms with Crippen LogP contribution in [0.25, 0.3) is 0 Å². The summed E-state index contributed by atoms with van der Waals surface area (Å²) in [5, 5.41) is 0. The van der Waals surface area contributed by atoms with Crippen molar-refractivity contribution in [2.45, 2.75) is 50.6 Å². The molecule has 2 atom stereocenters. The van der Waals surface area contributed by atoms with Crippen LogP contribution in [0.15, 0.2) is 43.0 Å². The first-order valence-electron chi connectivity index (χ1n) is 7.91. The summed E-state index contributed by atoms with van der Waals surface area (Å²) in [6, 6.07) is 11.0. The molecule has 1 fully saturated rings. The van der Waals surface area contributed by atoms with E-state index in [4.69, 9.17) is 5.73 Å². The zero-order valence-electron chi connectivity index (χ0n) is 12.7. The number of rotatable bonds is 7. The number of likely N-dealkylation sites (tertiary alicyclic amines) is 1. The van der Waals surface area contributed by atoms with E-state index >= 15 is 0 Å². The normalized spacial score (nSPS) is 20.5. The Labute approximate surface area is 123 Å². The van der Waals surface area contributed by atoms with E-state index in [0.717, 1.165) is 12.8 Å². The maximum atomic E-state index is 6.93. The van der Waals surface area contributed by atoms with Crippen LogP contribution < -0.4 is 5.73 Å². The van der Waals surface area contributed by atoms with Gasteiger partial charge in [-0.15, -0.1) is 6.58 Å². The van der Waals surface area contributed by atoms with Gasteiger partial charge in [-0.05, 0) is 44.3 Å².